The Kier molecular flexibility index (Phi) is 2.33. The van der Waals surface area contributed by atoms with Crippen molar-refractivity contribution in [3.63, 3.8) is 0 Å². The Hall–Kier alpha value is -1.88. The van der Waals surface area contributed by atoms with E-state index in [9.17, 15) is 0 Å². The third kappa shape index (κ3) is 1.68. The molecular weight excluding hydrogens is 232 g/mol. The lowest BCUT2D eigenvalue weighted by molar-refractivity contribution is 0.653. The molecule has 5 heteroatoms. The summed E-state index contributed by atoms with van der Waals surface area (Å²) in [6.07, 6.45) is 3.67. The molecule has 1 unspecified atom stereocenters. The van der Waals surface area contributed by atoms with Gasteiger partial charge in [0.2, 0.25) is 0 Å². The van der Waals surface area contributed by atoms with Crippen molar-refractivity contribution in [1.29, 1.82) is 0 Å². The van der Waals surface area contributed by atoms with Gasteiger partial charge in [-0.1, -0.05) is 0 Å². The summed E-state index contributed by atoms with van der Waals surface area (Å²) >= 11 is 1.66. The van der Waals surface area contributed by atoms with Gasteiger partial charge >= 0.3 is 0 Å². The maximum atomic E-state index is 5.74. The molecule has 3 aromatic rings. The van der Waals surface area contributed by atoms with Gasteiger partial charge in [0.15, 0.2) is 0 Å². The van der Waals surface area contributed by atoms with Gasteiger partial charge in [0, 0.05) is 17.3 Å². The molecule has 2 aromatic heterocycles. The second kappa shape index (κ2) is 3.85. The zero-order valence-electron chi connectivity index (χ0n) is 9.37. The van der Waals surface area contributed by atoms with Crippen molar-refractivity contribution in [1.82, 2.24) is 14.5 Å². The van der Waals surface area contributed by atoms with Crippen molar-refractivity contribution in [3.05, 3.63) is 41.1 Å². The van der Waals surface area contributed by atoms with Crippen molar-refractivity contribution < 1.29 is 0 Å². The van der Waals surface area contributed by atoms with E-state index in [0.717, 1.165) is 21.7 Å². The molecule has 0 fully saturated rings. The highest BCUT2D eigenvalue weighted by Crippen LogP contribution is 2.25. The number of nitrogen functional groups attached to an aromatic ring is 1. The molecule has 0 radical (unpaired) electrons. The van der Waals surface area contributed by atoms with Gasteiger partial charge < -0.3 is 10.3 Å². The van der Waals surface area contributed by atoms with Crippen LogP contribution in [0.3, 0.4) is 0 Å². The van der Waals surface area contributed by atoms with Crippen molar-refractivity contribution >= 4 is 28.1 Å². The smallest absolute Gasteiger partial charge is 0.115 e. The van der Waals surface area contributed by atoms with Crippen LogP contribution in [0, 0.1) is 0 Å². The third-order valence-electron chi connectivity index (χ3n) is 2.82. The number of imidazole rings is 1. The summed E-state index contributed by atoms with van der Waals surface area (Å²) in [6.45, 7) is 2.12. The Morgan fingerprint density at radius 3 is 3.00 bits per heavy atom. The number of hydrogen-bond acceptors (Lipinski definition) is 4. The summed E-state index contributed by atoms with van der Waals surface area (Å²) in [6, 6.07) is 5.99. The van der Waals surface area contributed by atoms with E-state index in [1.807, 2.05) is 36.1 Å². The maximum Gasteiger partial charge on any atom is 0.115 e. The number of thiazole rings is 1. The average Bonchev–Trinajstić information content (AvgIpc) is 2.96. The standard InChI is InChI=1S/C12H12N4S/c1-8(12-14-4-5-17-12)16-7-15-10-6-9(13)2-3-11(10)16/h2-8H,13H2,1H3. The summed E-state index contributed by atoms with van der Waals surface area (Å²) in [5, 5.41) is 3.07. The Balaban J connectivity index is 2.12. The molecule has 0 aliphatic rings. The molecule has 0 aliphatic heterocycles. The van der Waals surface area contributed by atoms with Crippen molar-refractivity contribution in [2.75, 3.05) is 5.73 Å². The van der Waals surface area contributed by atoms with Crippen LogP contribution in [0.4, 0.5) is 5.69 Å². The predicted octanol–water partition coefficient (Wildman–Crippen LogP) is 2.68. The average molecular weight is 244 g/mol. The number of rotatable bonds is 2. The van der Waals surface area contributed by atoms with Crippen LogP contribution >= 0.6 is 11.3 Å². The largest absolute Gasteiger partial charge is 0.399 e. The van der Waals surface area contributed by atoms with E-state index >= 15 is 0 Å². The highest BCUT2D eigenvalue weighted by atomic mass is 32.1. The van der Waals surface area contributed by atoms with Gasteiger partial charge in [-0.25, -0.2) is 9.97 Å². The molecule has 1 atom stereocenters. The first kappa shape index (κ1) is 10.3. The monoisotopic (exact) mass is 244 g/mol. The number of aromatic nitrogens is 3. The molecule has 0 amide bonds. The van der Waals surface area contributed by atoms with E-state index in [0.29, 0.717) is 0 Å². The summed E-state index contributed by atoms with van der Waals surface area (Å²) < 4.78 is 2.12. The Morgan fingerprint density at radius 2 is 2.24 bits per heavy atom. The van der Waals surface area contributed by atoms with E-state index in [2.05, 4.69) is 21.5 Å². The van der Waals surface area contributed by atoms with Crippen LogP contribution in [0.2, 0.25) is 0 Å². The van der Waals surface area contributed by atoms with Crippen molar-refractivity contribution in [3.8, 4) is 0 Å². The number of fused-ring (bicyclic) bond motifs is 1. The lowest BCUT2D eigenvalue weighted by atomic mass is 10.2. The van der Waals surface area contributed by atoms with E-state index in [1.165, 1.54) is 0 Å². The molecule has 2 heterocycles. The fourth-order valence-electron chi connectivity index (χ4n) is 1.92. The lowest BCUT2D eigenvalue weighted by Gasteiger charge is -2.11. The van der Waals surface area contributed by atoms with Crippen molar-refractivity contribution in [2.24, 2.45) is 0 Å². The van der Waals surface area contributed by atoms with E-state index in [-0.39, 0.29) is 6.04 Å². The summed E-state index contributed by atoms with van der Waals surface area (Å²) in [5.74, 6) is 0. The molecule has 17 heavy (non-hydrogen) atoms. The van der Waals surface area contributed by atoms with Crippen LogP contribution in [0.1, 0.15) is 18.0 Å². The number of hydrogen-bond donors (Lipinski definition) is 1. The first-order valence-electron chi connectivity index (χ1n) is 5.37. The summed E-state index contributed by atoms with van der Waals surface area (Å²) in [7, 11) is 0. The zero-order chi connectivity index (χ0) is 11.8. The third-order valence-corrected chi connectivity index (χ3v) is 3.77. The molecule has 3 rings (SSSR count). The van der Waals surface area contributed by atoms with Crippen LogP contribution in [-0.2, 0) is 0 Å². The normalized spacial score (nSPS) is 13.0. The molecule has 1 aromatic carbocycles. The fraction of sp³-hybridized carbons (Fsp3) is 0.167. The minimum atomic E-state index is 0.198. The summed E-state index contributed by atoms with van der Waals surface area (Å²) in [4.78, 5) is 8.71. The molecule has 86 valence electrons. The lowest BCUT2D eigenvalue weighted by Crippen LogP contribution is -2.04. The molecule has 0 saturated heterocycles. The van der Waals surface area contributed by atoms with E-state index < -0.39 is 0 Å². The van der Waals surface area contributed by atoms with E-state index in [4.69, 9.17) is 5.73 Å². The van der Waals surface area contributed by atoms with Gasteiger partial charge in [0.25, 0.3) is 0 Å². The van der Waals surface area contributed by atoms with E-state index in [1.54, 1.807) is 11.3 Å². The van der Waals surface area contributed by atoms with Gasteiger partial charge in [-0.15, -0.1) is 11.3 Å². The van der Waals surface area contributed by atoms with Gasteiger partial charge in [0.1, 0.15) is 5.01 Å². The van der Waals surface area contributed by atoms with Crippen LogP contribution in [0.5, 0.6) is 0 Å². The number of anilines is 1. The van der Waals surface area contributed by atoms with Crippen LogP contribution in [0.25, 0.3) is 11.0 Å². The molecular formula is C12H12N4S. The molecule has 0 aliphatic carbocycles. The first-order chi connectivity index (χ1) is 8.25. The maximum absolute atomic E-state index is 5.74. The Labute approximate surface area is 103 Å². The number of nitrogens with zero attached hydrogens (tertiary/aromatic N) is 3. The molecule has 4 nitrogen and oxygen atoms in total. The van der Waals surface area contributed by atoms with Gasteiger partial charge in [0.05, 0.1) is 23.4 Å². The molecule has 0 saturated carbocycles. The van der Waals surface area contributed by atoms with Crippen LogP contribution in [0.15, 0.2) is 36.1 Å². The Morgan fingerprint density at radius 1 is 1.35 bits per heavy atom. The topological polar surface area (TPSA) is 56.7 Å². The number of benzene rings is 1. The minimum absolute atomic E-state index is 0.198. The van der Waals surface area contributed by atoms with Crippen molar-refractivity contribution in [2.45, 2.75) is 13.0 Å². The second-order valence-electron chi connectivity index (χ2n) is 3.95. The SMILES string of the molecule is CC(c1nccs1)n1cnc2cc(N)ccc21. The Bertz CT molecular complexity index is 642. The number of nitrogens with two attached hydrogens (primary N) is 1. The summed E-state index contributed by atoms with van der Waals surface area (Å²) in [5.41, 5.74) is 8.49. The quantitative estimate of drug-likeness (QED) is 0.705. The zero-order valence-corrected chi connectivity index (χ0v) is 10.2. The van der Waals surface area contributed by atoms with Gasteiger partial charge in [-0.2, -0.15) is 0 Å². The second-order valence-corrected chi connectivity index (χ2v) is 4.87. The molecule has 0 spiro atoms. The highest BCUT2D eigenvalue weighted by molar-refractivity contribution is 7.09. The first-order valence-corrected chi connectivity index (χ1v) is 6.25. The minimum Gasteiger partial charge on any atom is -0.399 e. The molecule has 0 bridgehead atoms. The fourth-order valence-corrected chi connectivity index (χ4v) is 2.61. The van der Waals surface area contributed by atoms with Crippen LogP contribution in [-0.4, -0.2) is 14.5 Å². The van der Waals surface area contributed by atoms with Gasteiger partial charge in [-0.05, 0) is 25.1 Å². The van der Waals surface area contributed by atoms with Crippen LogP contribution < -0.4 is 5.73 Å². The predicted molar refractivity (Wildman–Crippen MR) is 70.1 cm³/mol. The highest BCUT2D eigenvalue weighted by Gasteiger charge is 2.13. The molecule has 2 N–H and O–H groups in total. The van der Waals surface area contributed by atoms with Gasteiger partial charge in [-0.3, -0.25) is 0 Å².